The molecule has 1 aliphatic heterocycles. The van der Waals surface area contributed by atoms with E-state index >= 15 is 0 Å². The van der Waals surface area contributed by atoms with E-state index in [-0.39, 0.29) is 0 Å². The Balaban J connectivity index is 2.16. The summed E-state index contributed by atoms with van der Waals surface area (Å²) >= 11 is 0. The Morgan fingerprint density at radius 3 is 2.82 bits per heavy atom. The van der Waals surface area contributed by atoms with Crippen LogP contribution in [0.5, 0.6) is 0 Å². The lowest BCUT2D eigenvalue weighted by molar-refractivity contribution is -0.153. The Kier molecular flexibility index (Phi) is 3.49. The molecule has 2 N–H and O–H groups in total. The lowest BCUT2D eigenvalue weighted by atomic mass is 9.93. The summed E-state index contributed by atoms with van der Waals surface area (Å²) in [7, 11) is 0. The monoisotopic (exact) mass is 238 g/mol. The topological polar surface area (TPSA) is 65.6 Å². The minimum Gasteiger partial charge on any atom is -0.480 e. The number of nitrogens with zero attached hydrogens (tertiary/aromatic N) is 1. The summed E-state index contributed by atoms with van der Waals surface area (Å²) in [5.41, 5.74) is 0.0793. The Morgan fingerprint density at radius 2 is 2.29 bits per heavy atom. The van der Waals surface area contributed by atoms with Gasteiger partial charge in [-0.1, -0.05) is 0 Å². The molecule has 1 unspecified atom stereocenters. The average molecular weight is 238 g/mol. The molecule has 1 aromatic rings. The molecule has 0 bridgehead atoms. The van der Waals surface area contributed by atoms with Gasteiger partial charge in [0.15, 0.2) is 0 Å². The van der Waals surface area contributed by atoms with Gasteiger partial charge in [0.2, 0.25) is 0 Å². The quantitative estimate of drug-likeness (QED) is 0.811. The van der Waals surface area contributed by atoms with Crippen molar-refractivity contribution in [3.8, 4) is 0 Å². The van der Waals surface area contributed by atoms with Crippen molar-refractivity contribution in [3.63, 3.8) is 0 Å². The number of hydrogen-bond acceptors (Lipinski definition) is 3. The van der Waals surface area contributed by atoms with Gasteiger partial charge in [0.25, 0.3) is 0 Å². The number of carboxylic acids is 1. The normalized spacial score (nSPS) is 21.0. The van der Waals surface area contributed by atoms with Crippen LogP contribution in [0.3, 0.4) is 0 Å². The van der Waals surface area contributed by atoms with Crippen LogP contribution >= 0.6 is 0 Å². The molecule has 1 aliphatic rings. The van der Waals surface area contributed by atoms with Gasteiger partial charge in [0.1, 0.15) is 5.54 Å². The van der Waals surface area contributed by atoms with Crippen molar-refractivity contribution in [2.45, 2.75) is 18.9 Å². The third-order valence-corrected chi connectivity index (χ3v) is 3.37. The van der Waals surface area contributed by atoms with E-state index in [1.807, 2.05) is 23.2 Å². The number of ether oxygens (including phenoxy) is 1. The number of nitrogens with one attached hydrogen (secondary N) is 1. The van der Waals surface area contributed by atoms with Gasteiger partial charge in [0.05, 0.1) is 13.2 Å². The predicted molar refractivity (Wildman–Crippen MR) is 62.9 cm³/mol. The van der Waals surface area contributed by atoms with E-state index in [1.165, 1.54) is 0 Å². The van der Waals surface area contributed by atoms with Gasteiger partial charge in [-0.2, -0.15) is 0 Å². The van der Waals surface area contributed by atoms with Gasteiger partial charge < -0.3 is 14.8 Å². The summed E-state index contributed by atoms with van der Waals surface area (Å²) in [6, 6.07) is 3.80. The number of rotatable bonds is 4. The van der Waals surface area contributed by atoms with Crippen molar-refractivity contribution in [3.05, 3.63) is 24.0 Å². The highest BCUT2D eigenvalue weighted by Gasteiger charge is 2.40. The van der Waals surface area contributed by atoms with Crippen LogP contribution in [0.15, 0.2) is 18.3 Å². The Labute approximate surface area is 100 Å². The van der Waals surface area contributed by atoms with Gasteiger partial charge in [-0.05, 0) is 19.1 Å². The zero-order valence-corrected chi connectivity index (χ0v) is 9.98. The van der Waals surface area contributed by atoms with Crippen molar-refractivity contribution < 1.29 is 14.6 Å². The number of aromatic amines is 1. The first-order valence-electron chi connectivity index (χ1n) is 5.81. The number of hydrogen-bond donors (Lipinski definition) is 2. The van der Waals surface area contributed by atoms with Crippen LogP contribution in [-0.2, 0) is 16.0 Å². The summed E-state index contributed by atoms with van der Waals surface area (Å²) in [5, 5.41) is 9.49. The SMILES string of the molecule is CC(Cc1ccc[nH]1)(C(=O)O)N1CCOCC1. The molecule has 0 saturated carbocycles. The first kappa shape index (κ1) is 12.1. The lowest BCUT2D eigenvalue weighted by Crippen LogP contribution is -2.57. The van der Waals surface area contributed by atoms with Gasteiger partial charge >= 0.3 is 5.97 Å². The Bertz CT molecular complexity index is 371. The number of aliphatic carboxylic acids is 1. The van der Waals surface area contributed by atoms with E-state index in [2.05, 4.69) is 4.98 Å². The fraction of sp³-hybridized carbons (Fsp3) is 0.583. The second-order valence-electron chi connectivity index (χ2n) is 4.55. The van der Waals surface area contributed by atoms with Crippen molar-refractivity contribution in [2.75, 3.05) is 26.3 Å². The third-order valence-electron chi connectivity index (χ3n) is 3.37. The molecule has 5 nitrogen and oxygen atoms in total. The zero-order valence-electron chi connectivity index (χ0n) is 9.98. The molecule has 0 aromatic carbocycles. The van der Waals surface area contributed by atoms with Crippen LogP contribution < -0.4 is 0 Å². The minimum atomic E-state index is -0.866. The smallest absolute Gasteiger partial charge is 0.324 e. The number of aromatic nitrogens is 1. The summed E-state index contributed by atoms with van der Waals surface area (Å²) in [6.45, 7) is 4.33. The second kappa shape index (κ2) is 4.89. The van der Waals surface area contributed by atoms with Gasteiger partial charge in [-0.25, -0.2) is 0 Å². The number of H-pyrrole nitrogens is 1. The average Bonchev–Trinajstić information content (AvgIpc) is 2.82. The largest absolute Gasteiger partial charge is 0.480 e. The van der Waals surface area contributed by atoms with E-state index in [1.54, 1.807) is 6.92 Å². The van der Waals surface area contributed by atoms with Crippen LogP contribution in [0.2, 0.25) is 0 Å². The Hall–Kier alpha value is -1.33. The predicted octanol–water partition coefficient (Wildman–Crippen LogP) is 0.733. The van der Waals surface area contributed by atoms with Crippen molar-refractivity contribution >= 4 is 5.97 Å². The highest BCUT2D eigenvalue weighted by atomic mass is 16.5. The van der Waals surface area contributed by atoms with E-state index in [0.29, 0.717) is 32.7 Å². The highest BCUT2D eigenvalue weighted by molar-refractivity contribution is 5.78. The molecule has 1 atom stereocenters. The van der Waals surface area contributed by atoms with Gasteiger partial charge in [-0.3, -0.25) is 9.69 Å². The van der Waals surface area contributed by atoms with Gasteiger partial charge in [-0.15, -0.1) is 0 Å². The standard InChI is InChI=1S/C12H18N2O3/c1-12(11(15)16,9-10-3-2-4-13-10)14-5-7-17-8-6-14/h2-4,13H,5-9H2,1H3,(H,15,16). The molecule has 0 radical (unpaired) electrons. The third kappa shape index (κ3) is 2.50. The number of carbonyl (C=O) groups is 1. The molecule has 1 aromatic heterocycles. The Morgan fingerprint density at radius 1 is 1.59 bits per heavy atom. The lowest BCUT2D eigenvalue weighted by Gasteiger charge is -2.39. The molecule has 1 saturated heterocycles. The first-order chi connectivity index (χ1) is 8.13. The maximum Gasteiger partial charge on any atom is 0.324 e. The van der Waals surface area contributed by atoms with Crippen LogP contribution in [0.1, 0.15) is 12.6 Å². The summed E-state index contributed by atoms with van der Waals surface area (Å²) in [4.78, 5) is 16.6. The summed E-state index contributed by atoms with van der Waals surface area (Å²) in [5.74, 6) is -0.783. The molecule has 2 rings (SSSR count). The maximum absolute atomic E-state index is 11.6. The molecule has 17 heavy (non-hydrogen) atoms. The van der Waals surface area contributed by atoms with Crippen molar-refractivity contribution in [1.82, 2.24) is 9.88 Å². The minimum absolute atomic E-state index is 0.481. The fourth-order valence-corrected chi connectivity index (χ4v) is 2.23. The van der Waals surface area contributed by atoms with Crippen molar-refractivity contribution in [2.24, 2.45) is 0 Å². The van der Waals surface area contributed by atoms with Crippen LogP contribution in [0.4, 0.5) is 0 Å². The molecule has 2 heterocycles. The van der Waals surface area contributed by atoms with E-state index in [9.17, 15) is 9.90 Å². The summed E-state index contributed by atoms with van der Waals surface area (Å²) in [6.07, 6.45) is 2.30. The second-order valence-corrected chi connectivity index (χ2v) is 4.55. The molecule has 1 fully saturated rings. The molecule has 94 valence electrons. The van der Waals surface area contributed by atoms with Crippen molar-refractivity contribution in [1.29, 1.82) is 0 Å². The number of morpholine rings is 1. The first-order valence-corrected chi connectivity index (χ1v) is 5.81. The maximum atomic E-state index is 11.6. The molecule has 0 aliphatic carbocycles. The van der Waals surface area contributed by atoms with E-state index in [4.69, 9.17) is 4.74 Å². The molecular weight excluding hydrogens is 220 g/mol. The molecule has 0 amide bonds. The number of carboxylic acid groups (broad SMARTS) is 1. The molecular formula is C12H18N2O3. The van der Waals surface area contributed by atoms with Crippen LogP contribution in [0, 0.1) is 0 Å². The zero-order chi connectivity index (χ0) is 12.3. The van der Waals surface area contributed by atoms with E-state index < -0.39 is 11.5 Å². The van der Waals surface area contributed by atoms with Crippen LogP contribution in [-0.4, -0.2) is 52.8 Å². The molecule has 0 spiro atoms. The van der Waals surface area contributed by atoms with Gasteiger partial charge in [0, 0.05) is 31.4 Å². The van der Waals surface area contributed by atoms with E-state index in [0.717, 1.165) is 5.69 Å². The fourth-order valence-electron chi connectivity index (χ4n) is 2.23. The summed E-state index contributed by atoms with van der Waals surface area (Å²) < 4.78 is 5.27. The van der Waals surface area contributed by atoms with Crippen LogP contribution in [0.25, 0.3) is 0 Å². The molecule has 5 heteroatoms. The highest BCUT2D eigenvalue weighted by Crippen LogP contribution is 2.22.